The molecule has 0 unspecified atom stereocenters. The molecule has 2 rings (SSSR count). The Morgan fingerprint density at radius 3 is 2.28 bits per heavy atom. The lowest BCUT2D eigenvalue weighted by atomic mass is 10.0. The molecule has 0 fully saturated rings. The van der Waals surface area contributed by atoms with Crippen molar-refractivity contribution >= 4 is 15.7 Å². The molecule has 2 aromatic carbocycles. The molecule has 5 nitrogen and oxygen atoms in total. The smallest absolute Gasteiger partial charge is 0.223 e. The van der Waals surface area contributed by atoms with Gasteiger partial charge in [-0.05, 0) is 29.7 Å². The number of amides is 1. The van der Waals surface area contributed by atoms with Crippen molar-refractivity contribution in [3.8, 4) is 0 Å². The fourth-order valence-corrected chi connectivity index (χ4v) is 3.50. The number of hydrogen-bond acceptors (Lipinski definition) is 4. The van der Waals surface area contributed by atoms with Crippen molar-refractivity contribution in [2.45, 2.75) is 24.8 Å². The van der Waals surface area contributed by atoms with Crippen LogP contribution < -0.4 is 5.32 Å². The van der Waals surface area contributed by atoms with Crippen molar-refractivity contribution in [2.24, 2.45) is 5.92 Å². The van der Waals surface area contributed by atoms with Crippen molar-refractivity contribution in [2.75, 3.05) is 12.4 Å². The first-order valence-corrected chi connectivity index (χ1v) is 9.82. The van der Waals surface area contributed by atoms with Crippen LogP contribution in [0.5, 0.6) is 0 Å². The van der Waals surface area contributed by atoms with Gasteiger partial charge in [0.1, 0.15) is 0 Å². The fraction of sp³-hybridized carbons (Fsp3) is 0.316. The van der Waals surface area contributed by atoms with Crippen LogP contribution in [0, 0.1) is 5.92 Å². The number of hydrogen-bond donors (Lipinski definition) is 2. The van der Waals surface area contributed by atoms with Crippen LogP contribution >= 0.6 is 0 Å². The van der Waals surface area contributed by atoms with E-state index in [9.17, 15) is 13.2 Å². The topological polar surface area (TPSA) is 83.5 Å². The van der Waals surface area contributed by atoms with Gasteiger partial charge in [0.05, 0.1) is 17.3 Å². The lowest BCUT2D eigenvalue weighted by Crippen LogP contribution is -2.29. The minimum atomic E-state index is -3.44. The average Bonchev–Trinajstić information content (AvgIpc) is 2.61. The summed E-state index contributed by atoms with van der Waals surface area (Å²) in [6.07, 6.45) is 0.672. The van der Waals surface area contributed by atoms with E-state index in [4.69, 9.17) is 5.11 Å². The van der Waals surface area contributed by atoms with E-state index in [0.29, 0.717) is 13.0 Å². The van der Waals surface area contributed by atoms with Gasteiger partial charge in [0.15, 0.2) is 9.84 Å². The second kappa shape index (κ2) is 8.78. The summed E-state index contributed by atoms with van der Waals surface area (Å²) in [6.45, 7) is 1.82. The van der Waals surface area contributed by atoms with Crippen molar-refractivity contribution < 1.29 is 18.3 Å². The molecule has 6 heteroatoms. The molecule has 25 heavy (non-hydrogen) atoms. The number of carbonyl (C=O) groups is 1. The first-order valence-electron chi connectivity index (χ1n) is 8.16. The van der Waals surface area contributed by atoms with Gasteiger partial charge in [0.2, 0.25) is 5.91 Å². The molecule has 1 amide bonds. The molecule has 0 aliphatic carbocycles. The summed E-state index contributed by atoms with van der Waals surface area (Å²) >= 11 is 0. The number of benzene rings is 2. The molecular weight excluding hydrogens is 338 g/mol. The van der Waals surface area contributed by atoms with E-state index in [1.54, 1.807) is 12.1 Å². The van der Waals surface area contributed by atoms with E-state index in [2.05, 4.69) is 5.32 Å². The summed E-state index contributed by atoms with van der Waals surface area (Å²) in [7, 11) is -3.44. The van der Waals surface area contributed by atoms with Crippen LogP contribution in [-0.4, -0.2) is 31.8 Å². The van der Waals surface area contributed by atoms with Crippen molar-refractivity contribution in [1.29, 1.82) is 0 Å². The molecule has 0 saturated carbocycles. The monoisotopic (exact) mass is 361 g/mol. The molecular formula is C19H23NO4S. The average molecular weight is 361 g/mol. The quantitative estimate of drug-likeness (QED) is 0.753. The predicted octanol–water partition coefficient (Wildman–Crippen LogP) is 1.95. The van der Waals surface area contributed by atoms with E-state index in [1.165, 1.54) is 12.1 Å². The van der Waals surface area contributed by atoms with Crippen molar-refractivity contribution in [1.82, 2.24) is 5.32 Å². The second-order valence-electron chi connectivity index (χ2n) is 6.00. The highest BCUT2D eigenvalue weighted by Crippen LogP contribution is 2.13. The Morgan fingerprint density at radius 2 is 1.68 bits per heavy atom. The van der Waals surface area contributed by atoms with Crippen molar-refractivity contribution in [3.05, 3.63) is 65.7 Å². The maximum absolute atomic E-state index is 12.2. The highest BCUT2D eigenvalue weighted by atomic mass is 32.2. The van der Waals surface area contributed by atoms with Crippen LogP contribution in [0.3, 0.4) is 0 Å². The summed E-state index contributed by atoms with van der Waals surface area (Å²) in [5.41, 5.74) is 1.94. The van der Waals surface area contributed by atoms with E-state index in [0.717, 1.165) is 11.1 Å². The Hall–Kier alpha value is -2.18. The fourth-order valence-electron chi connectivity index (χ4n) is 2.48. The zero-order valence-corrected chi connectivity index (χ0v) is 15.0. The SMILES string of the molecule is C[C@H](Cc1ccccc1)C(=O)NCc1ccc(S(=O)(=O)CCO)cc1. The maximum atomic E-state index is 12.2. The largest absolute Gasteiger partial charge is 0.395 e. The normalized spacial score (nSPS) is 12.6. The molecule has 1 atom stereocenters. The number of rotatable bonds is 8. The number of nitrogens with one attached hydrogen (secondary N) is 1. The molecule has 2 aromatic rings. The lowest BCUT2D eigenvalue weighted by Gasteiger charge is -2.12. The standard InChI is InChI=1S/C19H23NO4S/c1-15(13-16-5-3-2-4-6-16)19(22)20-14-17-7-9-18(10-8-17)25(23,24)12-11-21/h2-10,15,21H,11-14H2,1H3,(H,20,22)/t15-/m1/s1. The summed E-state index contributed by atoms with van der Waals surface area (Å²) < 4.78 is 23.7. The van der Waals surface area contributed by atoms with Gasteiger partial charge in [-0.2, -0.15) is 0 Å². The summed E-state index contributed by atoms with van der Waals surface area (Å²) in [4.78, 5) is 12.4. The van der Waals surface area contributed by atoms with E-state index in [-0.39, 0.29) is 22.5 Å². The molecule has 0 aliphatic rings. The maximum Gasteiger partial charge on any atom is 0.223 e. The van der Waals surface area contributed by atoms with Crippen LogP contribution in [0.1, 0.15) is 18.1 Å². The second-order valence-corrected chi connectivity index (χ2v) is 8.10. The van der Waals surface area contributed by atoms with Gasteiger partial charge >= 0.3 is 0 Å². The number of sulfone groups is 1. The summed E-state index contributed by atoms with van der Waals surface area (Å²) in [5, 5.41) is 11.7. The van der Waals surface area contributed by atoms with E-state index < -0.39 is 16.4 Å². The third kappa shape index (κ3) is 5.69. The van der Waals surface area contributed by atoms with Crippen LogP contribution in [0.15, 0.2) is 59.5 Å². The van der Waals surface area contributed by atoms with Gasteiger partial charge in [0.25, 0.3) is 0 Å². The van der Waals surface area contributed by atoms with Crippen LogP contribution in [-0.2, 0) is 27.6 Å². The van der Waals surface area contributed by atoms with Gasteiger partial charge in [0, 0.05) is 12.5 Å². The molecule has 0 radical (unpaired) electrons. The summed E-state index contributed by atoms with van der Waals surface area (Å²) in [6, 6.07) is 16.2. The zero-order valence-electron chi connectivity index (χ0n) is 14.2. The Labute approximate surface area is 148 Å². The molecule has 0 saturated heterocycles. The molecule has 0 aliphatic heterocycles. The molecule has 134 valence electrons. The molecule has 0 aromatic heterocycles. The Morgan fingerprint density at radius 1 is 1.04 bits per heavy atom. The number of carbonyl (C=O) groups excluding carboxylic acids is 1. The van der Waals surface area contributed by atoms with Crippen molar-refractivity contribution in [3.63, 3.8) is 0 Å². The van der Waals surface area contributed by atoms with E-state index in [1.807, 2.05) is 37.3 Å². The lowest BCUT2D eigenvalue weighted by molar-refractivity contribution is -0.124. The Bertz CT molecular complexity index is 786. The predicted molar refractivity (Wildman–Crippen MR) is 96.7 cm³/mol. The summed E-state index contributed by atoms with van der Waals surface area (Å²) in [5.74, 6) is -0.479. The molecule has 0 spiro atoms. The minimum absolute atomic E-state index is 0.0409. The zero-order chi connectivity index (χ0) is 18.3. The molecule has 0 bridgehead atoms. The third-order valence-electron chi connectivity index (χ3n) is 3.94. The van der Waals surface area contributed by atoms with Crippen LogP contribution in [0.4, 0.5) is 0 Å². The third-order valence-corrected chi connectivity index (χ3v) is 5.65. The van der Waals surface area contributed by atoms with Gasteiger partial charge in [-0.1, -0.05) is 49.4 Å². The van der Waals surface area contributed by atoms with Gasteiger partial charge in [-0.3, -0.25) is 4.79 Å². The highest BCUT2D eigenvalue weighted by molar-refractivity contribution is 7.91. The Balaban J connectivity index is 1.89. The first kappa shape index (κ1) is 19.1. The van der Waals surface area contributed by atoms with Gasteiger partial charge < -0.3 is 10.4 Å². The number of aliphatic hydroxyl groups excluding tert-OH is 1. The number of aliphatic hydroxyl groups is 1. The Kier molecular flexibility index (Phi) is 6.73. The molecule has 2 N–H and O–H groups in total. The van der Waals surface area contributed by atoms with Crippen LogP contribution in [0.2, 0.25) is 0 Å². The van der Waals surface area contributed by atoms with Gasteiger partial charge in [-0.15, -0.1) is 0 Å². The minimum Gasteiger partial charge on any atom is -0.395 e. The highest BCUT2D eigenvalue weighted by Gasteiger charge is 2.15. The molecule has 0 heterocycles. The van der Waals surface area contributed by atoms with Crippen LogP contribution in [0.25, 0.3) is 0 Å². The first-order chi connectivity index (χ1) is 11.9. The van der Waals surface area contributed by atoms with E-state index >= 15 is 0 Å². The van der Waals surface area contributed by atoms with Gasteiger partial charge in [-0.25, -0.2) is 8.42 Å².